The molecule has 0 heterocycles. The lowest BCUT2D eigenvalue weighted by Crippen LogP contribution is -2.28. The van der Waals surface area contributed by atoms with Crippen LogP contribution in [0.4, 0.5) is 0 Å². The Balaban J connectivity index is 0.00000196. The van der Waals surface area contributed by atoms with Crippen LogP contribution in [0.1, 0.15) is 29.7 Å². The van der Waals surface area contributed by atoms with Crippen molar-refractivity contribution in [3.05, 3.63) is 34.9 Å². The van der Waals surface area contributed by atoms with Gasteiger partial charge in [0.25, 0.3) is 0 Å². The van der Waals surface area contributed by atoms with E-state index in [2.05, 4.69) is 25.2 Å². The molecular formula is C12H20ClNO. The molecule has 0 aliphatic heterocycles. The van der Waals surface area contributed by atoms with Gasteiger partial charge in [0.1, 0.15) is 0 Å². The van der Waals surface area contributed by atoms with E-state index in [-0.39, 0.29) is 18.4 Å². The van der Waals surface area contributed by atoms with Gasteiger partial charge in [0.2, 0.25) is 0 Å². The summed E-state index contributed by atoms with van der Waals surface area (Å²) in [5, 5.41) is 13.0. The SMILES string of the molecule is CN[C@H](C)[C@H](O)c1ccc(C)c(C)c1.Cl. The van der Waals surface area contributed by atoms with Gasteiger partial charge < -0.3 is 10.4 Å². The number of hydrogen-bond acceptors (Lipinski definition) is 2. The molecule has 1 rings (SSSR count). The van der Waals surface area contributed by atoms with Gasteiger partial charge in [0.15, 0.2) is 0 Å². The second-order valence-electron chi connectivity index (χ2n) is 3.87. The van der Waals surface area contributed by atoms with Crippen LogP contribution < -0.4 is 5.32 Å². The summed E-state index contributed by atoms with van der Waals surface area (Å²) in [5.41, 5.74) is 3.47. The number of halogens is 1. The first kappa shape index (κ1) is 14.4. The molecule has 15 heavy (non-hydrogen) atoms. The molecule has 0 saturated heterocycles. The number of rotatable bonds is 3. The van der Waals surface area contributed by atoms with Crippen LogP contribution in [0.2, 0.25) is 0 Å². The average molecular weight is 230 g/mol. The molecule has 0 bridgehead atoms. The second kappa shape index (κ2) is 6.11. The van der Waals surface area contributed by atoms with E-state index in [0.717, 1.165) is 5.56 Å². The zero-order valence-corrected chi connectivity index (χ0v) is 10.6. The molecule has 0 aliphatic rings. The minimum atomic E-state index is -0.431. The number of likely N-dealkylation sites (N-methyl/N-ethyl adjacent to an activating group) is 1. The molecule has 0 spiro atoms. The first-order valence-electron chi connectivity index (χ1n) is 4.98. The van der Waals surface area contributed by atoms with E-state index < -0.39 is 6.10 Å². The maximum Gasteiger partial charge on any atom is 0.0940 e. The zero-order chi connectivity index (χ0) is 10.7. The van der Waals surface area contributed by atoms with Crippen LogP contribution in [-0.2, 0) is 0 Å². The summed E-state index contributed by atoms with van der Waals surface area (Å²) in [5.74, 6) is 0. The Morgan fingerprint density at radius 1 is 1.20 bits per heavy atom. The highest BCUT2D eigenvalue weighted by Crippen LogP contribution is 2.19. The van der Waals surface area contributed by atoms with Crippen molar-refractivity contribution in [2.75, 3.05) is 7.05 Å². The number of hydrogen-bond donors (Lipinski definition) is 2. The van der Waals surface area contributed by atoms with Crippen molar-refractivity contribution in [2.45, 2.75) is 32.9 Å². The fourth-order valence-electron chi connectivity index (χ4n) is 1.40. The number of nitrogens with one attached hydrogen (secondary N) is 1. The van der Waals surface area contributed by atoms with E-state index >= 15 is 0 Å². The molecule has 0 amide bonds. The summed E-state index contributed by atoms with van der Waals surface area (Å²) in [4.78, 5) is 0. The third kappa shape index (κ3) is 3.49. The number of aryl methyl sites for hydroxylation is 2. The first-order chi connectivity index (χ1) is 6.56. The maximum absolute atomic E-state index is 9.94. The maximum atomic E-state index is 9.94. The highest BCUT2D eigenvalue weighted by Gasteiger charge is 2.14. The van der Waals surface area contributed by atoms with E-state index in [1.807, 2.05) is 26.1 Å². The summed E-state index contributed by atoms with van der Waals surface area (Å²) in [6.45, 7) is 6.11. The monoisotopic (exact) mass is 229 g/mol. The van der Waals surface area contributed by atoms with E-state index in [1.165, 1.54) is 11.1 Å². The van der Waals surface area contributed by atoms with Gasteiger partial charge in [-0.1, -0.05) is 18.2 Å². The van der Waals surface area contributed by atoms with Crippen molar-refractivity contribution in [1.82, 2.24) is 5.32 Å². The normalized spacial score (nSPS) is 14.2. The molecule has 0 radical (unpaired) electrons. The lowest BCUT2D eigenvalue weighted by molar-refractivity contribution is 0.140. The quantitative estimate of drug-likeness (QED) is 0.834. The van der Waals surface area contributed by atoms with Crippen molar-refractivity contribution in [3.63, 3.8) is 0 Å². The molecule has 86 valence electrons. The smallest absolute Gasteiger partial charge is 0.0940 e. The highest BCUT2D eigenvalue weighted by atomic mass is 35.5. The highest BCUT2D eigenvalue weighted by molar-refractivity contribution is 5.85. The Labute approximate surface area is 98.1 Å². The van der Waals surface area contributed by atoms with Crippen molar-refractivity contribution in [1.29, 1.82) is 0 Å². The van der Waals surface area contributed by atoms with Crippen LogP contribution >= 0.6 is 12.4 Å². The van der Waals surface area contributed by atoms with Gasteiger partial charge >= 0.3 is 0 Å². The van der Waals surface area contributed by atoms with E-state index in [4.69, 9.17) is 0 Å². The Morgan fingerprint density at radius 2 is 1.80 bits per heavy atom. The van der Waals surface area contributed by atoms with Crippen molar-refractivity contribution in [3.8, 4) is 0 Å². The predicted octanol–water partition coefficient (Wildman–Crippen LogP) is 2.37. The largest absolute Gasteiger partial charge is 0.387 e. The van der Waals surface area contributed by atoms with Crippen LogP contribution in [0.3, 0.4) is 0 Å². The van der Waals surface area contributed by atoms with Gasteiger partial charge in [-0.3, -0.25) is 0 Å². The van der Waals surface area contributed by atoms with Crippen LogP contribution in [0.5, 0.6) is 0 Å². The second-order valence-corrected chi connectivity index (χ2v) is 3.87. The van der Waals surface area contributed by atoms with Gasteiger partial charge in [-0.15, -0.1) is 12.4 Å². The molecule has 2 atom stereocenters. The minimum absolute atomic E-state index is 0. The number of aliphatic hydroxyl groups excluding tert-OH is 1. The molecule has 2 N–H and O–H groups in total. The molecule has 0 unspecified atom stereocenters. The van der Waals surface area contributed by atoms with E-state index in [9.17, 15) is 5.11 Å². The van der Waals surface area contributed by atoms with Gasteiger partial charge in [0, 0.05) is 6.04 Å². The van der Waals surface area contributed by atoms with Crippen molar-refractivity contribution < 1.29 is 5.11 Å². The Bertz CT molecular complexity index is 314. The van der Waals surface area contributed by atoms with Crippen molar-refractivity contribution >= 4 is 12.4 Å². The summed E-state index contributed by atoms with van der Waals surface area (Å²) >= 11 is 0. The molecule has 1 aromatic rings. The summed E-state index contributed by atoms with van der Waals surface area (Å²) < 4.78 is 0. The van der Waals surface area contributed by atoms with Crippen molar-refractivity contribution in [2.24, 2.45) is 0 Å². The fraction of sp³-hybridized carbons (Fsp3) is 0.500. The molecule has 3 heteroatoms. The topological polar surface area (TPSA) is 32.3 Å². The Kier molecular flexibility index (Phi) is 5.88. The first-order valence-corrected chi connectivity index (χ1v) is 4.98. The summed E-state index contributed by atoms with van der Waals surface area (Å²) in [6, 6.07) is 6.17. The van der Waals surface area contributed by atoms with Gasteiger partial charge in [-0.2, -0.15) is 0 Å². The summed E-state index contributed by atoms with van der Waals surface area (Å²) in [7, 11) is 1.86. The minimum Gasteiger partial charge on any atom is -0.387 e. The van der Waals surface area contributed by atoms with Gasteiger partial charge in [-0.05, 0) is 44.5 Å². The lowest BCUT2D eigenvalue weighted by Gasteiger charge is -2.19. The molecule has 0 aromatic heterocycles. The van der Waals surface area contributed by atoms with Gasteiger partial charge in [-0.25, -0.2) is 0 Å². The zero-order valence-electron chi connectivity index (χ0n) is 9.74. The molecule has 0 fully saturated rings. The van der Waals surface area contributed by atoms with Crippen LogP contribution in [-0.4, -0.2) is 18.2 Å². The number of aliphatic hydroxyl groups is 1. The molecular weight excluding hydrogens is 210 g/mol. The van der Waals surface area contributed by atoms with E-state index in [0.29, 0.717) is 0 Å². The molecule has 2 nitrogen and oxygen atoms in total. The Hall–Kier alpha value is -0.570. The number of benzene rings is 1. The predicted molar refractivity (Wildman–Crippen MR) is 66.6 cm³/mol. The van der Waals surface area contributed by atoms with Gasteiger partial charge in [0.05, 0.1) is 6.10 Å². The van der Waals surface area contributed by atoms with E-state index in [1.54, 1.807) is 0 Å². The fourth-order valence-corrected chi connectivity index (χ4v) is 1.40. The summed E-state index contributed by atoms with van der Waals surface area (Å²) in [6.07, 6.45) is -0.431. The lowest BCUT2D eigenvalue weighted by atomic mass is 9.99. The average Bonchev–Trinajstić information content (AvgIpc) is 2.20. The third-order valence-electron chi connectivity index (χ3n) is 2.80. The third-order valence-corrected chi connectivity index (χ3v) is 2.80. The van der Waals surface area contributed by atoms with Crippen LogP contribution in [0, 0.1) is 13.8 Å². The van der Waals surface area contributed by atoms with Crippen LogP contribution in [0.25, 0.3) is 0 Å². The molecule has 1 aromatic carbocycles. The standard InChI is InChI=1S/C12H19NO.ClH/c1-8-5-6-11(7-9(8)2)12(14)10(3)13-4;/h5-7,10,12-14H,1-4H3;1H/t10-,12+;/m1./s1. The molecule has 0 aliphatic carbocycles. The van der Waals surface area contributed by atoms with Crippen LogP contribution in [0.15, 0.2) is 18.2 Å². The Morgan fingerprint density at radius 3 is 2.27 bits per heavy atom. The molecule has 0 saturated carbocycles.